The van der Waals surface area contributed by atoms with Gasteiger partial charge in [-0.05, 0) is 25.3 Å². The first-order valence-corrected chi connectivity index (χ1v) is 9.29. The zero-order valence-electron chi connectivity index (χ0n) is 16.1. The van der Waals surface area contributed by atoms with Crippen LogP contribution in [0, 0.1) is 12.8 Å². The molecule has 6 heteroatoms. The van der Waals surface area contributed by atoms with Crippen molar-refractivity contribution in [2.24, 2.45) is 5.92 Å². The number of hydrogen-bond acceptors (Lipinski definition) is 6. The predicted molar refractivity (Wildman–Crippen MR) is 102 cm³/mol. The van der Waals surface area contributed by atoms with Crippen molar-refractivity contribution in [1.82, 2.24) is 15.0 Å². The van der Waals surface area contributed by atoms with E-state index < -0.39 is 0 Å². The Balaban J connectivity index is 1.59. The minimum Gasteiger partial charge on any atom is -0.489 e. The second-order valence-corrected chi connectivity index (χ2v) is 7.21. The van der Waals surface area contributed by atoms with Gasteiger partial charge in [0.25, 0.3) is 0 Å². The van der Waals surface area contributed by atoms with E-state index in [0.29, 0.717) is 11.8 Å². The summed E-state index contributed by atoms with van der Waals surface area (Å²) in [5.74, 6) is 3.05. The van der Waals surface area contributed by atoms with E-state index >= 15 is 0 Å². The zero-order valence-corrected chi connectivity index (χ0v) is 16.1. The SMILES string of the molecule is COc1ccc(OC2CCN(c3ncnc(CC(C)C)c3C)CC2)cn1. The van der Waals surface area contributed by atoms with Gasteiger partial charge in [0.15, 0.2) is 0 Å². The van der Waals surface area contributed by atoms with Gasteiger partial charge in [-0.25, -0.2) is 15.0 Å². The molecular weight excluding hydrogens is 328 g/mol. The number of methoxy groups -OCH3 is 1. The fourth-order valence-electron chi connectivity index (χ4n) is 3.32. The van der Waals surface area contributed by atoms with Crippen LogP contribution in [0.2, 0.25) is 0 Å². The van der Waals surface area contributed by atoms with Crippen LogP contribution < -0.4 is 14.4 Å². The van der Waals surface area contributed by atoms with Gasteiger partial charge in [0.1, 0.15) is 24.0 Å². The Morgan fingerprint density at radius 3 is 2.54 bits per heavy atom. The predicted octanol–water partition coefficient (Wildman–Crippen LogP) is 3.43. The smallest absolute Gasteiger partial charge is 0.213 e. The lowest BCUT2D eigenvalue weighted by atomic mass is 10.0. The molecule has 0 bridgehead atoms. The highest BCUT2D eigenvalue weighted by atomic mass is 16.5. The summed E-state index contributed by atoms with van der Waals surface area (Å²) in [5, 5.41) is 0. The molecule has 0 spiro atoms. The molecule has 0 aromatic carbocycles. The molecule has 1 aliphatic heterocycles. The normalized spacial score (nSPS) is 15.3. The molecule has 0 aliphatic carbocycles. The van der Waals surface area contributed by atoms with Crippen LogP contribution in [0.5, 0.6) is 11.6 Å². The summed E-state index contributed by atoms with van der Waals surface area (Å²) in [6.07, 6.45) is 6.55. The van der Waals surface area contributed by atoms with E-state index in [1.54, 1.807) is 19.6 Å². The molecule has 0 radical (unpaired) electrons. The van der Waals surface area contributed by atoms with Crippen molar-refractivity contribution in [2.75, 3.05) is 25.1 Å². The van der Waals surface area contributed by atoms with Crippen molar-refractivity contribution < 1.29 is 9.47 Å². The molecule has 1 fully saturated rings. The first-order chi connectivity index (χ1) is 12.6. The Kier molecular flexibility index (Phi) is 5.91. The van der Waals surface area contributed by atoms with Crippen LogP contribution in [0.4, 0.5) is 5.82 Å². The number of anilines is 1. The van der Waals surface area contributed by atoms with Gasteiger partial charge >= 0.3 is 0 Å². The molecule has 0 atom stereocenters. The van der Waals surface area contributed by atoms with Gasteiger partial charge < -0.3 is 14.4 Å². The van der Waals surface area contributed by atoms with Crippen molar-refractivity contribution in [1.29, 1.82) is 0 Å². The van der Waals surface area contributed by atoms with Gasteiger partial charge in [-0.2, -0.15) is 0 Å². The van der Waals surface area contributed by atoms with Crippen LogP contribution >= 0.6 is 0 Å². The summed E-state index contributed by atoms with van der Waals surface area (Å²) in [6.45, 7) is 8.45. The molecule has 3 heterocycles. The Morgan fingerprint density at radius 2 is 1.92 bits per heavy atom. The average Bonchev–Trinajstić information content (AvgIpc) is 2.65. The standard InChI is InChI=1S/C20H28N4O2/c1-14(2)11-18-15(3)20(23-13-22-18)24-9-7-16(8-10-24)26-17-5-6-19(25-4)21-12-17/h5-6,12-14,16H,7-11H2,1-4H3. The maximum atomic E-state index is 6.07. The lowest BCUT2D eigenvalue weighted by Gasteiger charge is -2.33. The lowest BCUT2D eigenvalue weighted by Crippen LogP contribution is -2.39. The van der Waals surface area contributed by atoms with Gasteiger partial charge in [0.05, 0.1) is 13.3 Å². The number of rotatable bonds is 6. The Bertz CT molecular complexity index is 710. The molecule has 0 N–H and O–H groups in total. The molecule has 3 rings (SSSR count). The van der Waals surface area contributed by atoms with Crippen molar-refractivity contribution in [3.63, 3.8) is 0 Å². The first kappa shape index (κ1) is 18.4. The van der Waals surface area contributed by atoms with Gasteiger partial charge in [-0.1, -0.05) is 13.8 Å². The molecule has 2 aromatic rings. The molecule has 1 saturated heterocycles. The summed E-state index contributed by atoms with van der Waals surface area (Å²) in [6, 6.07) is 3.73. The van der Waals surface area contributed by atoms with Crippen LogP contribution in [0.25, 0.3) is 0 Å². The quantitative estimate of drug-likeness (QED) is 0.790. The van der Waals surface area contributed by atoms with Gasteiger partial charge in [0.2, 0.25) is 5.88 Å². The fraction of sp³-hybridized carbons (Fsp3) is 0.550. The number of hydrogen-bond donors (Lipinski definition) is 0. The van der Waals surface area contributed by atoms with Crippen LogP contribution in [0.15, 0.2) is 24.7 Å². The summed E-state index contributed by atoms with van der Waals surface area (Å²) in [7, 11) is 1.61. The number of pyridine rings is 1. The lowest BCUT2D eigenvalue weighted by molar-refractivity contribution is 0.169. The van der Waals surface area contributed by atoms with Gasteiger partial charge in [-0.15, -0.1) is 0 Å². The highest BCUT2D eigenvalue weighted by Gasteiger charge is 2.23. The largest absolute Gasteiger partial charge is 0.489 e. The third-order valence-electron chi connectivity index (χ3n) is 4.73. The van der Waals surface area contributed by atoms with Gasteiger partial charge in [-0.3, -0.25) is 0 Å². The van der Waals surface area contributed by atoms with E-state index in [0.717, 1.165) is 49.6 Å². The van der Waals surface area contributed by atoms with Crippen molar-refractivity contribution in [3.05, 3.63) is 35.9 Å². The minimum atomic E-state index is 0.207. The maximum absolute atomic E-state index is 6.07. The molecule has 1 aliphatic rings. The Hall–Kier alpha value is -2.37. The third kappa shape index (κ3) is 4.42. The number of ether oxygens (including phenoxy) is 2. The van der Waals surface area contributed by atoms with E-state index in [9.17, 15) is 0 Å². The van der Waals surface area contributed by atoms with Gasteiger partial charge in [0, 0.05) is 43.3 Å². The molecule has 0 amide bonds. The summed E-state index contributed by atoms with van der Waals surface area (Å²) in [5.41, 5.74) is 2.37. The van der Waals surface area contributed by atoms with E-state index in [4.69, 9.17) is 9.47 Å². The van der Waals surface area contributed by atoms with Crippen molar-refractivity contribution in [2.45, 2.75) is 46.1 Å². The molecule has 6 nitrogen and oxygen atoms in total. The zero-order chi connectivity index (χ0) is 18.5. The van der Waals surface area contributed by atoms with Crippen LogP contribution in [0.1, 0.15) is 37.9 Å². The highest BCUT2D eigenvalue weighted by Crippen LogP contribution is 2.26. The summed E-state index contributed by atoms with van der Waals surface area (Å²) in [4.78, 5) is 15.6. The highest BCUT2D eigenvalue weighted by molar-refractivity contribution is 5.48. The summed E-state index contributed by atoms with van der Waals surface area (Å²) >= 11 is 0. The van der Waals surface area contributed by atoms with E-state index in [2.05, 4.69) is 40.6 Å². The topological polar surface area (TPSA) is 60.4 Å². The summed E-state index contributed by atoms with van der Waals surface area (Å²) < 4.78 is 11.1. The Morgan fingerprint density at radius 1 is 1.15 bits per heavy atom. The third-order valence-corrected chi connectivity index (χ3v) is 4.73. The number of piperidine rings is 1. The van der Waals surface area contributed by atoms with E-state index in [1.807, 2.05) is 12.1 Å². The monoisotopic (exact) mass is 356 g/mol. The number of nitrogens with zero attached hydrogens (tertiary/aromatic N) is 4. The fourth-order valence-corrected chi connectivity index (χ4v) is 3.32. The number of aromatic nitrogens is 3. The minimum absolute atomic E-state index is 0.207. The van der Waals surface area contributed by atoms with Crippen LogP contribution in [0.3, 0.4) is 0 Å². The second kappa shape index (κ2) is 8.34. The van der Waals surface area contributed by atoms with Crippen molar-refractivity contribution in [3.8, 4) is 11.6 Å². The average molecular weight is 356 g/mol. The maximum Gasteiger partial charge on any atom is 0.213 e. The molecular formula is C20H28N4O2. The van der Waals surface area contributed by atoms with Crippen molar-refractivity contribution >= 4 is 5.82 Å². The molecule has 140 valence electrons. The molecule has 26 heavy (non-hydrogen) atoms. The van der Waals surface area contributed by atoms with Crippen LogP contribution in [-0.4, -0.2) is 41.3 Å². The molecule has 2 aromatic heterocycles. The first-order valence-electron chi connectivity index (χ1n) is 9.29. The van der Waals surface area contributed by atoms with E-state index in [-0.39, 0.29) is 6.10 Å². The van der Waals surface area contributed by atoms with E-state index in [1.165, 1.54) is 5.56 Å². The molecule has 0 saturated carbocycles. The van der Waals surface area contributed by atoms with Crippen LogP contribution in [-0.2, 0) is 6.42 Å². The molecule has 0 unspecified atom stereocenters. The second-order valence-electron chi connectivity index (χ2n) is 7.21. The Labute approximate surface area is 155 Å².